The van der Waals surface area contributed by atoms with Crippen LogP contribution < -0.4 is 5.32 Å². The van der Waals surface area contributed by atoms with E-state index in [1.54, 1.807) is 12.1 Å². The molecule has 0 atom stereocenters. The second-order valence-corrected chi connectivity index (χ2v) is 7.17. The molecule has 33 heavy (non-hydrogen) atoms. The molecule has 0 fully saturated rings. The second-order valence-electron chi connectivity index (χ2n) is 7.17. The first-order valence-corrected chi connectivity index (χ1v) is 10.3. The molecule has 0 saturated carbocycles. The van der Waals surface area contributed by atoms with Crippen LogP contribution in [0.15, 0.2) is 53.1 Å². The van der Waals surface area contributed by atoms with Crippen molar-refractivity contribution in [2.24, 2.45) is 0 Å². The smallest absolute Gasteiger partial charge is 0.306 e. The minimum atomic E-state index is -0.785. The highest BCUT2D eigenvalue weighted by Gasteiger charge is 2.17. The topological polar surface area (TPSA) is 98.5 Å². The first-order valence-electron chi connectivity index (χ1n) is 10.3. The van der Waals surface area contributed by atoms with Crippen molar-refractivity contribution in [1.82, 2.24) is 4.98 Å². The number of ketones is 1. The Hall–Kier alpha value is -3.88. The molecule has 1 aromatic heterocycles. The lowest BCUT2D eigenvalue weighted by atomic mass is 10.1. The van der Waals surface area contributed by atoms with Crippen LogP contribution in [0.5, 0.6) is 0 Å². The largest absolute Gasteiger partial charge is 0.457 e. The van der Waals surface area contributed by atoms with Crippen LogP contribution in [0, 0.1) is 11.6 Å². The molecule has 9 heteroatoms. The average molecular weight is 456 g/mol. The summed E-state index contributed by atoms with van der Waals surface area (Å²) >= 11 is 0. The van der Waals surface area contributed by atoms with Crippen molar-refractivity contribution in [3.63, 3.8) is 0 Å². The maximum absolute atomic E-state index is 13.8. The Morgan fingerprint density at radius 3 is 2.39 bits per heavy atom. The van der Waals surface area contributed by atoms with E-state index in [9.17, 15) is 23.2 Å². The number of amides is 1. The molecule has 0 aliphatic rings. The first-order chi connectivity index (χ1) is 15.9. The predicted octanol–water partition coefficient (Wildman–Crippen LogP) is 4.72. The number of rotatable bonds is 10. The highest BCUT2D eigenvalue weighted by atomic mass is 19.1. The van der Waals surface area contributed by atoms with E-state index in [1.807, 2.05) is 6.92 Å². The van der Waals surface area contributed by atoms with Gasteiger partial charge in [0.1, 0.15) is 11.6 Å². The van der Waals surface area contributed by atoms with Crippen LogP contribution in [0.1, 0.15) is 42.4 Å². The lowest BCUT2D eigenvalue weighted by Crippen LogP contribution is -2.15. The van der Waals surface area contributed by atoms with Gasteiger partial charge in [-0.15, -0.1) is 0 Å². The van der Waals surface area contributed by atoms with Gasteiger partial charge in [0.05, 0.1) is 18.2 Å². The molecule has 0 spiro atoms. The van der Waals surface area contributed by atoms with Gasteiger partial charge in [-0.3, -0.25) is 14.4 Å². The summed E-state index contributed by atoms with van der Waals surface area (Å²) in [5.74, 6) is -2.70. The summed E-state index contributed by atoms with van der Waals surface area (Å²) in [5.41, 5.74) is 0.573. The van der Waals surface area contributed by atoms with Gasteiger partial charge in [0.2, 0.25) is 5.91 Å². The number of aromatic nitrogens is 1. The summed E-state index contributed by atoms with van der Waals surface area (Å²) in [6.45, 7) is 1.45. The number of hydrogen-bond donors (Lipinski definition) is 1. The molecular weight excluding hydrogens is 434 g/mol. The van der Waals surface area contributed by atoms with Crippen molar-refractivity contribution in [1.29, 1.82) is 0 Å². The molecule has 1 heterocycles. The van der Waals surface area contributed by atoms with Crippen molar-refractivity contribution < 1.29 is 32.3 Å². The third-order valence-corrected chi connectivity index (χ3v) is 4.64. The molecule has 0 saturated heterocycles. The Labute approximate surface area is 188 Å². The van der Waals surface area contributed by atoms with Gasteiger partial charge >= 0.3 is 5.97 Å². The Kier molecular flexibility index (Phi) is 8.01. The predicted molar refractivity (Wildman–Crippen MR) is 115 cm³/mol. The molecule has 0 aliphatic heterocycles. The van der Waals surface area contributed by atoms with Gasteiger partial charge in [-0.2, -0.15) is 0 Å². The fourth-order valence-electron chi connectivity index (χ4n) is 2.98. The summed E-state index contributed by atoms with van der Waals surface area (Å²) in [5, 5.41) is 2.72. The Balaban J connectivity index is 1.47. The maximum Gasteiger partial charge on any atom is 0.306 e. The SMILES string of the molecule is CCCC(=O)Nc1ccc(C(=O)COC(=O)CCc2ncc(-c3c(F)cccc3F)o2)cc1. The lowest BCUT2D eigenvalue weighted by molar-refractivity contribution is -0.142. The normalized spacial score (nSPS) is 10.6. The number of Topliss-reactive ketones (excluding diaryl/α,β-unsaturated/α-hetero) is 1. The van der Waals surface area contributed by atoms with Crippen molar-refractivity contribution in [2.75, 3.05) is 11.9 Å². The van der Waals surface area contributed by atoms with Crippen LogP contribution in [-0.4, -0.2) is 29.3 Å². The highest BCUT2D eigenvalue weighted by Crippen LogP contribution is 2.26. The summed E-state index contributed by atoms with van der Waals surface area (Å²) in [6.07, 6.45) is 2.23. The quantitative estimate of drug-likeness (QED) is 0.350. The fraction of sp³-hybridized carbons (Fsp3) is 0.250. The average Bonchev–Trinajstić information content (AvgIpc) is 3.25. The number of carbonyl (C=O) groups is 3. The molecule has 0 aliphatic carbocycles. The van der Waals surface area contributed by atoms with Crippen LogP contribution >= 0.6 is 0 Å². The van der Waals surface area contributed by atoms with Gasteiger partial charge in [-0.05, 0) is 42.8 Å². The van der Waals surface area contributed by atoms with E-state index in [2.05, 4.69) is 10.3 Å². The Morgan fingerprint density at radius 2 is 1.73 bits per heavy atom. The summed E-state index contributed by atoms with van der Waals surface area (Å²) in [7, 11) is 0. The molecule has 0 radical (unpaired) electrons. The molecule has 7 nitrogen and oxygen atoms in total. The van der Waals surface area contributed by atoms with Gasteiger partial charge in [-0.25, -0.2) is 13.8 Å². The van der Waals surface area contributed by atoms with E-state index in [0.29, 0.717) is 17.7 Å². The standard InChI is InChI=1S/C24H22F2N2O5/c1-2-4-21(30)28-16-9-7-15(8-10-16)19(29)14-32-23(31)12-11-22-27-13-20(33-22)24-17(25)5-3-6-18(24)26/h3,5-10,13H,2,4,11-12,14H2,1H3,(H,28,30). The summed E-state index contributed by atoms with van der Waals surface area (Å²) in [4.78, 5) is 39.7. The number of anilines is 1. The zero-order chi connectivity index (χ0) is 23.8. The van der Waals surface area contributed by atoms with Crippen molar-refractivity contribution >= 4 is 23.3 Å². The number of benzene rings is 2. The number of oxazole rings is 1. The van der Waals surface area contributed by atoms with E-state index < -0.39 is 30.0 Å². The monoisotopic (exact) mass is 456 g/mol. The minimum Gasteiger partial charge on any atom is -0.457 e. The van der Waals surface area contributed by atoms with Gasteiger partial charge in [0, 0.05) is 24.1 Å². The molecule has 0 unspecified atom stereocenters. The lowest BCUT2D eigenvalue weighted by Gasteiger charge is -2.06. The van der Waals surface area contributed by atoms with Crippen LogP contribution in [0.3, 0.4) is 0 Å². The zero-order valence-corrected chi connectivity index (χ0v) is 17.9. The number of carbonyl (C=O) groups excluding carboxylic acids is 3. The van der Waals surface area contributed by atoms with Crippen LogP contribution in [0.2, 0.25) is 0 Å². The third-order valence-electron chi connectivity index (χ3n) is 4.64. The van der Waals surface area contributed by atoms with Gasteiger partial charge in [-0.1, -0.05) is 13.0 Å². The highest BCUT2D eigenvalue weighted by molar-refractivity contribution is 5.98. The van der Waals surface area contributed by atoms with Crippen molar-refractivity contribution in [2.45, 2.75) is 32.6 Å². The number of esters is 1. The van der Waals surface area contributed by atoms with E-state index in [1.165, 1.54) is 24.4 Å². The van der Waals surface area contributed by atoms with E-state index in [-0.39, 0.29) is 36.0 Å². The zero-order valence-electron chi connectivity index (χ0n) is 17.9. The van der Waals surface area contributed by atoms with Crippen LogP contribution in [0.25, 0.3) is 11.3 Å². The number of hydrogen-bond acceptors (Lipinski definition) is 6. The summed E-state index contributed by atoms with van der Waals surface area (Å²) in [6, 6.07) is 9.71. The van der Waals surface area contributed by atoms with Gasteiger partial charge in [0.25, 0.3) is 0 Å². The molecule has 172 valence electrons. The first kappa shape index (κ1) is 23.8. The van der Waals surface area contributed by atoms with Gasteiger partial charge < -0.3 is 14.5 Å². The van der Waals surface area contributed by atoms with E-state index >= 15 is 0 Å². The molecule has 2 aromatic carbocycles. The van der Waals surface area contributed by atoms with Crippen molar-refractivity contribution in [3.8, 4) is 11.3 Å². The van der Waals surface area contributed by atoms with E-state index in [4.69, 9.17) is 9.15 Å². The molecule has 1 amide bonds. The van der Waals surface area contributed by atoms with E-state index in [0.717, 1.165) is 18.6 Å². The fourth-order valence-corrected chi connectivity index (χ4v) is 2.98. The Morgan fingerprint density at radius 1 is 1.03 bits per heavy atom. The maximum atomic E-state index is 13.8. The second kappa shape index (κ2) is 11.1. The number of nitrogens with one attached hydrogen (secondary N) is 1. The number of ether oxygens (including phenoxy) is 1. The van der Waals surface area contributed by atoms with Crippen LogP contribution in [-0.2, 0) is 20.7 Å². The third kappa shape index (κ3) is 6.55. The number of nitrogens with zero attached hydrogens (tertiary/aromatic N) is 1. The molecule has 3 aromatic rings. The molecule has 0 bridgehead atoms. The Bertz CT molecular complexity index is 1120. The number of halogens is 2. The van der Waals surface area contributed by atoms with Crippen molar-refractivity contribution in [3.05, 3.63) is 71.8 Å². The minimum absolute atomic E-state index is 0.0370. The number of aryl methyl sites for hydroxylation is 1. The summed E-state index contributed by atoms with van der Waals surface area (Å²) < 4.78 is 38.0. The van der Waals surface area contributed by atoms with Gasteiger partial charge in [0.15, 0.2) is 24.0 Å². The molecule has 1 N–H and O–H groups in total. The molecule has 3 rings (SSSR count). The van der Waals surface area contributed by atoms with Crippen LogP contribution in [0.4, 0.5) is 14.5 Å². The molecular formula is C24H22F2N2O5.